The monoisotopic (exact) mass is 476 g/mol. The third kappa shape index (κ3) is 4.82. The summed E-state index contributed by atoms with van der Waals surface area (Å²) in [7, 11) is 0. The minimum atomic E-state index is -0.719. The number of aliphatic carboxylic acids is 1. The number of rotatable bonds is 3. The molecule has 3 atom stereocenters. The Labute approximate surface area is 203 Å². The first-order valence-electron chi connectivity index (χ1n) is 12.0. The zero-order valence-corrected chi connectivity index (χ0v) is 19.3. The fourth-order valence-electron chi connectivity index (χ4n) is 5.03. The van der Waals surface area contributed by atoms with Crippen LogP contribution in [0.5, 0.6) is 0 Å². The Hall–Kier alpha value is -3.94. The number of anilines is 2. The molecule has 5 rings (SSSR count). The fraction of sp³-hybridized carbons (Fsp3) is 0.500. The molecule has 0 radical (unpaired) electrons. The van der Waals surface area contributed by atoms with E-state index >= 15 is 0 Å². The molecule has 0 aliphatic carbocycles. The van der Waals surface area contributed by atoms with Crippen LogP contribution in [-0.4, -0.2) is 72.1 Å². The van der Waals surface area contributed by atoms with Crippen LogP contribution in [0.3, 0.4) is 0 Å². The molecule has 1 amide bonds. The number of amides is 1. The summed E-state index contributed by atoms with van der Waals surface area (Å²) in [5, 5.41) is 25.8. The number of guanidine groups is 1. The summed E-state index contributed by atoms with van der Waals surface area (Å²) in [4.78, 5) is 37.4. The van der Waals surface area contributed by atoms with E-state index in [2.05, 4.69) is 31.8 Å². The van der Waals surface area contributed by atoms with Crippen LogP contribution in [0.2, 0.25) is 0 Å². The average Bonchev–Trinajstić information content (AvgIpc) is 2.89. The fourth-order valence-corrected chi connectivity index (χ4v) is 5.03. The second-order valence-electron chi connectivity index (χ2n) is 9.33. The molecular formula is C24H28N8O3. The van der Waals surface area contributed by atoms with E-state index in [1.807, 2.05) is 29.2 Å². The van der Waals surface area contributed by atoms with Crippen LogP contribution in [0.25, 0.3) is 0 Å². The van der Waals surface area contributed by atoms with Gasteiger partial charge in [0.2, 0.25) is 5.96 Å². The summed E-state index contributed by atoms with van der Waals surface area (Å²) >= 11 is 0. The van der Waals surface area contributed by atoms with Crippen molar-refractivity contribution in [1.29, 1.82) is 5.26 Å². The summed E-state index contributed by atoms with van der Waals surface area (Å²) in [6.07, 6.45) is 4.65. The summed E-state index contributed by atoms with van der Waals surface area (Å²) < 4.78 is 0. The molecule has 11 nitrogen and oxygen atoms in total. The largest absolute Gasteiger partial charge is 0.481 e. The van der Waals surface area contributed by atoms with Gasteiger partial charge in [0.15, 0.2) is 0 Å². The zero-order chi connectivity index (χ0) is 24.4. The molecule has 4 aliphatic heterocycles. The predicted octanol–water partition coefficient (Wildman–Crippen LogP) is 1.50. The first-order chi connectivity index (χ1) is 17.0. The van der Waals surface area contributed by atoms with Crippen molar-refractivity contribution < 1.29 is 14.7 Å². The summed E-state index contributed by atoms with van der Waals surface area (Å²) in [6.45, 7) is 2.75. The Bertz CT molecular complexity index is 1110. The molecule has 1 aromatic rings. The number of benzene rings is 1. The maximum absolute atomic E-state index is 12.6. The SMILES string of the molecule is N#CC1CCCN(C2=NC3C=NNC(=O)C3C(Nc3ccc(N4CCC(C(=O)O)CC4)cc3)=N2)C1. The molecule has 4 heterocycles. The van der Waals surface area contributed by atoms with Crippen LogP contribution in [0, 0.1) is 29.1 Å². The lowest BCUT2D eigenvalue weighted by Crippen LogP contribution is -2.51. The third-order valence-corrected chi connectivity index (χ3v) is 7.04. The van der Waals surface area contributed by atoms with Gasteiger partial charge in [-0.05, 0) is 49.9 Å². The number of piperidine rings is 2. The molecule has 0 aromatic heterocycles. The van der Waals surface area contributed by atoms with E-state index in [0.717, 1.165) is 30.8 Å². The highest BCUT2D eigenvalue weighted by atomic mass is 16.4. The van der Waals surface area contributed by atoms with Crippen LogP contribution < -0.4 is 15.6 Å². The summed E-state index contributed by atoms with van der Waals surface area (Å²) in [5.74, 6) is -0.907. The first kappa shape index (κ1) is 22.8. The maximum atomic E-state index is 12.6. The van der Waals surface area contributed by atoms with Crippen molar-refractivity contribution in [3.8, 4) is 6.07 Å². The predicted molar refractivity (Wildman–Crippen MR) is 131 cm³/mol. The van der Waals surface area contributed by atoms with E-state index in [-0.39, 0.29) is 17.7 Å². The van der Waals surface area contributed by atoms with Crippen molar-refractivity contribution in [3.63, 3.8) is 0 Å². The number of hydrogen-bond donors (Lipinski definition) is 3. The normalized spacial score (nSPS) is 26.7. The number of carboxylic acid groups (broad SMARTS) is 1. The Morgan fingerprint density at radius 3 is 2.63 bits per heavy atom. The van der Waals surface area contributed by atoms with Crippen LogP contribution in [0.1, 0.15) is 25.7 Å². The van der Waals surface area contributed by atoms with E-state index in [0.29, 0.717) is 44.3 Å². The van der Waals surface area contributed by atoms with Crippen molar-refractivity contribution in [2.75, 3.05) is 36.4 Å². The van der Waals surface area contributed by atoms with E-state index in [9.17, 15) is 20.0 Å². The van der Waals surface area contributed by atoms with Gasteiger partial charge in [-0.25, -0.2) is 10.4 Å². The molecule has 0 saturated carbocycles. The average molecular weight is 477 g/mol. The zero-order valence-electron chi connectivity index (χ0n) is 19.3. The number of nitrogens with zero attached hydrogens (tertiary/aromatic N) is 6. The van der Waals surface area contributed by atoms with Crippen molar-refractivity contribution in [2.24, 2.45) is 32.8 Å². The van der Waals surface area contributed by atoms with Gasteiger partial charge in [0.05, 0.1) is 24.1 Å². The van der Waals surface area contributed by atoms with Gasteiger partial charge in [0, 0.05) is 37.6 Å². The Balaban J connectivity index is 1.33. The lowest BCUT2D eigenvalue weighted by atomic mass is 9.95. The number of likely N-dealkylation sites (tertiary alicyclic amines) is 1. The van der Waals surface area contributed by atoms with Gasteiger partial charge in [-0.2, -0.15) is 15.4 Å². The number of amidine groups is 1. The number of carbonyl (C=O) groups is 2. The van der Waals surface area contributed by atoms with Crippen molar-refractivity contribution in [2.45, 2.75) is 31.7 Å². The molecule has 3 unspecified atom stereocenters. The van der Waals surface area contributed by atoms with Gasteiger partial charge in [-0.1, -0.05) is 0 Å². The van der Waals surface area contributed by atoms with Crippen LogP contribution >= 0.6 is 0 Å². The number of nitrogens with one attached hydrogen (secondary N) is 2. The number of hydrazone groups is 1. The highest BCUT2D eigenvalue weighted by Gasteiger charge is 2.39. The van der Waals surface area contributed by atoms with Gasteiger partial charge < -0.3 is 20.2 Å². The lowest BCUT2D eigenvalue weighted by molar-refractivity contribution is -0.142. The van der Waals surface area contributed by atoms with Gasteiger partial charge in [0.1, 0.15) is 17.8 Å². The van der Waals surface area contributed by atoms with E-state index in [1.165, 1.54) is 0 Å². The Morgan fingerprint density at radius 1 is 1.14 bits per heavy atom. The molecule has 3 N–H and O–H groups in total. The number of carbonyl (C=O) groups excluding carboxylic acids is 1. The van der Waals surface area contributed by atoms with E-state index < -0.39 is 17.9 Å². The number of nitriles is 1. The first-order valence-corrected chi connectivity index (χ1v) is 12.0. The minimum Gasteiger partial charge on any atom is -0.481 e. The van der Waals surface area contributed by atoms with Crippen LogP contribution in [0.4, 0.5) is 11.4 Å². The van der Waals surface area contributed by atoms with Gasteiger partial charge >= 0.3 is 5.97 Å². The van der Waals surface area contributed by atoms with Gasteiger partial charge in [-0.3, -0.25) is 9.59 Å². The smallest absolute Gasteiger partial charge is 0.306 e. The van der Waals surface area contributed by atoms with Crippen molar-refractivity contribution in [1.82, 2.24) is 10.3 Å². The quantitative estimate of drug-likeness (QED) is 0.599. The molecule has 2 fully saturated rings. The molecule has 182 valence electrons. The molecular weight excluding hydrogens is 448 g/mol. The summed E-state index contributed by atoms with van der Waals surface area (Å²) in [5.41, 5.74) is 4.33. The molecule has 11 heteroatoms. The molecule has 4 aliphatic rings. The van der Waals surface area contributed by atoms with Gasteiger partial charge in [-0.15, -0.1) is 0 Å². The number of aliphatic imine (C=N–C) groups is 2. The highest BCUT2D eigenvalue weighted by molar-refractivity contribution is 6.17. The van der Waals surface area contributed by atoms with Crippen LogP contribution in [-0.2, 0) is 9.59 Å². The lowest BCUT2D eigenvalue weighted by Gasteiger charge is -2.35. The maximum Gasteiger partial charge on any atom is 0.306 e. The number of hydrogen-bond acceptors (Lipinski definition) is 9. The standard InChI is InChI=1S/C24H28N8O3/c25-12-15-2-1-9-32(14-15)24-28-19-13-26-30-22(33)20(19)21(29-24)27-17-3-5-18(6-4-17)31-10-7-16(8-11-31)23(34)35/h3-6,13,15-16,19-20H,1-2,7-11,14H2,(H,30,33)(H,34,35)(H,27,28,29). The number of carboxylic acids is 1. The van der Waals surface area contributed by atoms with Crippen molar-refractivity contribution in [3.05, 3.63) is 24.3 Å². The minimum absolute atomic E-state index is 0.0628. The molecule has 1 aromatic carbocycles. The molecule has 0 bridgehead atoms. The molecule has 2 saturated heterocycles. The van der Waals surface area contributed by atoms with Crippen LogP contribution in [0.15, 0.2) is 39.4 Å². The van der Waals surface area contributed by atoms with Crippen molar-refractivity contribution >= 4 is 41.3 Å². The Morgan fingerprint density at radius 2 is 1.91 bits per heavy atom. The van der Waals surface area contributed by atoms with E-state index in [1.54, 1.807) is 6.21 Å². The second-order valence-corrected chi connectivity index (χ2v) is 9.33. The molecule has 0 spiro atoms. The topological polar surface area (TPSA) is 146 Å². The second kappa shape index (κ2) is 9.74. The van der Waals surface area contributed by atoms with Gasteiger partial charge in [0.25, 0.3) is 5.91 Å². The van der Waals surface area contributed by atoms with E-state index in [4.69, 9.17) is 4.99 Å². The third-order valence-electron chi connectivity index (χ3n) is 7.04. The summed E-state index contributed by atoms with van der Waals surface area (Å²) in [6, 6.07) is 9.73. The Kier molecular flexibility index (Phi) is 6.35. The molecule has 35 heavy (non-hydrogen) atoms. The number of fused-ring (bicyclic) bond motifs is 1. The highest BCUT2D eigenvalue weighted by Crippen LogP contribution is 2.27.